The maximum Gasteiger partial charge on any atom is 0.412 e. The number of nitrogens with zero attached hydrogens (tertiary/aromatic N) is 1. The van der Waals surface area contributed by atoms with Gasteiger partial charge >= 0.3 is 12.1 Å². The summed E-state index contributed by atoms with van der Waals surface area (Å²) in [6.07, 6.45) is 0.826. The molecule has 0 aliphatic rings. The van der Waals surface area contributed by atoms with E-state index in [2.05, 4.69) is 10.3 Å². The standard InChI is InChI=1S/C16H25N3O4/c1-15(2,3)22-13(20)12(17)11-8-7-10(9-18-11)19-14(21)23-16(4,5)6/h7-9,12H,17H2,1-6H3,(H,19,21)/t12-/m1/s1. The summed E-state index contributed by atoms with van der Waals surface area (Å²) in [7, 11) is 0. The largest absolute Gasteiger partial charge is 0.459 e. The van der Waals surface area contributed by atoms with E-state index in [-0.39, 0.29) is 0 Å². The smallest absolute Gasteiger partial charge is 0.412 e. The predicted molar refractivity (Wildman–Crippen MR) is 86.9 cm³/mol. The molecular weight excluding hydrogens is 298 g/mol. The topological polar surface area (TPSA) is 104 Å². The van der Waals surface area contributed by atoms with Crippen molar-refractivity contribution in [3.05, 3.63) is 24.0 Å². The quantitative estimate of drug-likeness (QED) is 0.829. The molecule has 1 atom stereocenters. The number of nitrogens with two attached hydrogens (primary N) is 1. The molecule has 0 aromatic carbocycles. The Morgan fingerprint density at radius 3 is 2.09 bits per heavy atom. The van der Waals surface area contributed by atoms with Crippen LogP contribution in [0.5, 0.6) is 0 Å². The average Bonchev–Trinajstić information content (AvgIpc) is 2.34. The van der Waals surface area contributed by atoms with Gasteiger partial charge in [-0.1, -0.05) is 0 Å². The minimum absolute atomic E-state index is 0.356. The zero-order valence-corrected chi connectivity index (χ0v) is 14.5. The fraction of sp³-hybridized carbons (Fsp3) is 0.562. The van der Waals surface area contributed by atoms with Gasteiger partial charge in [0.25, 0.3) is 0 Å². The maximum atomic E-state index is 11.9. The van der Waals surface area contributed by atoms with E-state index in [4.69, 9.17) is 15.2 Å². The first-order valence-corrected chi connectivity index (χ1v) is 7.32. The molecular formula is C16H25N3O4. The van der Waals surface area contributed by atoms with Crippen LogP contribution in [0.2, 0.25) is 0 Å². The van der Waals surface area contributed by atoms with E-state index in [1.165, 1.54) is 6.20 Å². The normalized spacial score (nSPS) is 13.2. The van der Waals surface area contributed by atoms with Crippen LogP contribution in [0.4, 0.5) is 10.5 Å². The molecule has 0 saturated heterocycles. The van der Waals surface area contributed by atoms with Crippen LogP contribution in [0.1, 0.15) is 53.3 Å². The highest BCUT2D eigenvalue weighted by Gasteiger charge is 2.24. The highest BCUT2D eigenvalue weighted by atomic mass is 16.6. The molecule has 1 heterocycles. The molecule has 0 bridgehead atoms. The molecule has 23 heavy (non-hydrogen) atoms. The predicted octanol–water partition coefficient (Wildman–Crippen LogP) is 2.77. The number of rotatable bonds is 3. The summed E-state index contributed by atoms with van der Waals surface area (Å²) in [4.78, 5) is 27.6. The second-order valence-electron chi connectivity index (χ2n) is 7.11. The minimum Gasteiger partial charge on any atom is -0.459 e. The molecule has 3 N–H and O–H groups in total. The van der Waals surface area contributed by atoms with Gasteiger partial charge in [0.05, 0.1) is 17.6 Å². The Hall–Kier alpha value is -2.15. The van der Waals surface area contributed by atoms with Gasteiger partial charge in [-0.25, -0.2) is 9.59 Å². The lowest BCUT2D eigenvalue weighted by atomic mass is 10.1. The molecule has 7 nitrogen and oxygen atoms in total. The van der Waals surface area contributed by atoms with Crippen molar-refractivity contribution in [2.24, 2.45) is 5.73 Å². The van der Waals surface area contributed by atoms with Crippen molar-refractivity contribution >= 4 is 17.7 Å². The van der Waals surface area contributed by atoms with E-state index >= 15 is 0 Å². The van der Waals surface area contributed by atoms with E-state index in [1.807, 2.05) is 0 Å². The summed E-state index contributed by atoms with van der Waals surface area (Å²) in [5, 5.41) is 2.55. The molecule has 0 unspecified atom stereocenters. The second kappa shape index (κ2) is 6.95. The molecule has 0 fully saturated rings. The zero-order chi connectivity index (χ0) is 17.8. The maximum absolute atomic E-state index is 11.9. The molecule has 1 aromatic rings. The van der Waals surface area contributed by atoms with Crippen LogP contribution in [0.25, 0.3) is 0 Å². The lowest BCUT2D eigenvalue weighted by Gasteiger charge is -2.22. The minimum atomic E-state index is -0.982. The van der Waals surface area contributed by atoms with Crippen LogP contribution in [0.15, 0.2) is 18.3 Å². The van der Waals surface area contributed by atoms with Crippen LogP contribution in [0.3, 0.4) is 0 Å². The first-order chi connectivity index (χ1) is 10.4. The average molecular weight is 323 g/mol. The van der Waals surface area contributed by atoms with Gasteiger partial charge < -0.3 is 15.2 Å². The third kappa shape index (κ3) is 7.10. The van der Waals surface area contributed by atoms with Gasteiger partial charge in [0.15, 0.2) is 0 Å². The summed E-state index contributed by atoms with van der Waals surface area (Å²) in [5.41, 5.74) is 5.43. The number of hydrogen-bond acceptors (Lipinski definition) is 6. The number of ether oxygens (including phenoxy) is 2. The summed E-state index contributed by atoms with van der Waals surface area (Å²) >= 11 is 0. The summed E-state index contributed by atoms with van der Waals surface area (Å²) in [6.45, 7) is 10.6. The van der Waals surface area contributed by atoms with Gasteiger partial charge in [-0.15, -0.1) is 0 Å². The number of aromatic nitrogens is 1. The molecule has 1 rings (SSSR count). The Kier molecular flexibility index (Phi) is 5.71. The van der Waals surface area contributed by atoms with Crippen molar-refractivity contribution in [3.63, 3.8) is 0 Å². The number of hydrogen-bond donors (Lipinski definition) is 2. The summed E-state index contributed by atoms with van der Waals surface area (Å²) in [5.74, 6) is -0.558. The molecule has 1 amide bonds. The van der Waals surface area contributed by atoms with Gasteiger partial charge in [-0.05, 0) is 53.7 Å². The summed E-state index contributed by atoms with van der Waals surface area (Å²) in [6, 6.07) is 2.17. The first-order valence-electron chi connectivity index (χ1n) is 7.32. The zero-order valence-electron chi connectivity index (χ0n) is 14.5. The fourth-order valence-corrected chi connectivity index (χ4v) is 1.57. The van der Waals surface area contributed by atoms with Crippen molar-refractivity contribution in [1.29, 1.82) is 0 Å². The molecule has 1 aromatic heterocycles. The summed E-state index contributed by atoms with van der Waals surface area (Å²) < 4.78 is 10.3. The lowest BCUT2D eigenvalue weighted by molar-refractivity contribution is -0.156. The van der Waals surface area contributed by atoms with Gasteiger partial charge in [-0.2, -0.15) is 0 Å². The van der Waals surface area contributed by atoms with Crippen molar-refractivity contribution in [2.75, 3.05) is 5.32 Å². The van der Waals surface area contributed by atoms with Gasteiger partial charge in [-0.3, -0.25) is 10.3 Å². The number of carbonyl (C=O) groups excluding carboxylic acids is 2. The highest BCUT2D eigenvalue weighted by Crippen LogP contribution is 2.17. The number of esters is 1. The molecule has 7 heteroatoms. The number of nitrogens with one attached hydrogen (secondary N) is 1. The molecule has 128 valence electrons. The Morgan fingerprint density at radius 1 is 1.09 bits per heavy atom. The van der Waals surface area contributed by atoms with Crippen molar-refractivity contribution in [1.82, 2.24) is 4.98 Å². The number of amides is 1. The second-order valence-corrected chi connectivity index (χ2v) is 7.11. The molecule has 0 spiro atoms. The van der Waals surface area contributed by atoms with Crippen LogP contribution >= 0.6 is 0 Å². The number of pyridine rings is 1. The molecule has 0 aliphatic heterocycles. The SMILES string of the molecule is CC(C)(C)OC(=O)Nc1ccc([C@@H](N)C(=O)OC(C)(C)C)nc1. The van der Waals surface area contributed by atoms with Crippen molar-refractivity contribution in [3.8, 4) is 0 Å². The fourth-order valence-electron chi connectivity index (χ4n) is 1.57. The van der Waals surface area contributed by atoms with E-state index in [0.717, 1.165) is 0 Å². The van der Waals surface area contributed by atoms with Crippen LogP contribution in [-0.2, 0) is 14.3 Å². The molecule has 0 radical (unpaired) electrons. The van der Waals surface area contributed by atoms with E-state index in [9.17, 15) is 9.59 Å². The van der Waals surface area contributed by atoms with Gasteiger partial charge in [0, 0.05) is 0 Å². The Balaban J connectivity index is 2.69. The van der Waals surface area contributed by atoms with Gasteiger partial charge in [0.1, 0.15) is 17.2 Å². The van der Waals surface area contributed by atoms with E-state index < -0.39 is 29.3 Å². The van der Waals surface area contributed by atoms with Crippen LogP contribution in [0, 0.1) is 0 Å². The van der Waals surface area contributed by atoms with Crippen LogP contribution in [-0.4, -0.2) is 28.2 Å². The first kappa shape index (κ1) is 18.9. The number of carbonyl (C=O) groups is 2. The Morgan fingerprint density at radius 2 is 1.65 bits per heavy atom. The molecule has 0 aliphatic carbocycles. The lowest BCUT2D eigenvalue weighted by Crippen LogP contribution is -2.32. The van der Waals surface area contributed by atoms with Crippen molar-refractivity contribution < 1.29 is 19.1 Å². The Labute approximate surface area is 136 Å². The number of anilines is 1. The third-order valence-electron chi connectivity index (χ3n) is 2.41. The van der Waals surface area contributed by atoms with Crippen molar-refractivity contribution in [2.45, 2.75) is 58.8 Å². The van der Waals surface area contributed by atoms with E-state index in [1.54, 1.807) is 53.7 Å². The monoisotopic (exact) mass is 323 g/mol. The Bertz CT molecular complexity index is 556. The molecule has 0 saturated carbocycles. The van der Waals surface area contributed by atoms with Gasteiger partial charge in [0.2, 0.25) is 0 Å². The highest BCUT2D eigenvalue weighted by molar-refractivity contribution is 5.84. The third-order valence-corrected chi connectivity index (χ3v) is 2.41. The van der Waals surface area contributed by atoms with Crippen LogP contribution < -0.4 is 11.1 Å². The van der Waals surface area contributed by atoms with E-state index in [0.29, 0.717) is 11.4 Å².